The van der Waals surface area contributed by atoms with Crippen molar-refractivity contribution >= 4 is 0 Å². The monoisotopic (exact) mass is 172 g/mol. The van der Waals surface area contributed by atoms with Gasteiger partial charge in [0.25, 0.3) is 0 Å². The smallest absolute Gasteiger partial charge is 0.0783 e. The summed E-state index contributed by atoms with van der Waals surface area (Å²) in [5, 5.41) is 16.4. The Morgan fingerprint density at radius 3 is 2.92 bits per heavy atom. The number of aliphatic hydroxyl groups is 1. The van der Waals surface area contributed by atoms with Gasteiger partial charge in [-0.25, -0.2) is 0 Å². The quantitative estimate of drug-likeness (QED) is 0.559. The average Bonchev–Trinajstić information content (AvgIpc) is 2.06. The zero-order chi connectivity index (χ0) is 9.03. The number of hydrogen-bond donors (Lipinski definition) is 3. The first-order valence-corrected chi connectivity index (χ1v) is 4.74. The summed E-state index contributed by atoms with van der Waals surface area (Å²) in [5.41, 5.74) is -0.553. The van der Waals surface area contributed by atoms with Crippen LogP contribution in [0.15, 0.2) is 0 Å². The average molecular weight is 172 g/mol. The van der Waals surface area contributed by atoms with E-state index in [1.807, 2.05) is 14.0 Å². The molecule has 1 heterocycles. The predicted molar refractivity (Wildman–Crippen MR) is 50.1 cm³/mol. The zero-order valence-corrected chi connectivity index (χ0v) is 8.06. The van der Waals surface area contributed by atoms with Crippen molar-refractivity contribution in [2.75, 3.05) is 26.7 Å². The first kappa shape index (κ1) is 9.96. The first-order chi connectivity index (χ1) is 5.67. The Morgan fingerprint density at radius 2 is 2.42 bits per heavy atom. The fourth-order valence-electron chi connectivity index (χ4n) is 1.88. The molecule has 0 amide bonds. The highest BCUT2D eigenvalue weighted by molar-refractivity contribution is 4.87. The molecule has 1 aliphatic rings. The van der Waals surface area contributed by atoms with Gasteiger partial charge in [-0.2, -0.15) is 0 Å². The second-order valence-corrected chi connectivity index (χ2v) is 3.93. The van der Waals surface area contributed by atoms with E-state index in [1.54, 1.807) is 0 Å². The van der Waals surface area contributed by atoms with Crippen LogP contribution in [0.25, 0.3) is 0 Å². The molecule has 1 fully saturated rings. The van der Waals surface area contributed by atoms with Crippen molar-refractivity contribution in [3.63, 3.8) is 0 Å². The Bertz CT molecular complexity index is 130. The van der Waals surface area contributed by atoms with Crippen molar-refractivity contribution in [1.29, 1.82) is 0 Å². The van der Waals surface area contributed by atoms with Crippen LogP contribution in [0.3, 0.4) is 0 Å². The molecule has 3 N–H and O–H groups in total. The zero-order valence-electron chi connectivity index (χ0n) is 8.06. The number of rotatable bonds is 3. The Morgan fingerprint density at radius 1 is 1.67 bits per heavy atom. The molecule has 2 atom stereocenters. The minimum Gasteiger partial charge on any atom is -0.389 e. The summed E-state index contributed by atoms with van der Waals surface area (Å²) >= 11 is 0. The lowest BCUT2D eigenvalue weighted by Crippen LogP contribution is -2.49. The summed E-state index contributed by atoms with van der Waals surface area (Å²) in [6.07, 6.45) is 2.33. The second kappa shape index (κ2) is 4.21. The van der Waals surface area contributed by atoms with Gasteiger partial charge in [-0.3, -0.25) is 0 Å². The van der Waals surface area contributed by atoms with Gasteiger partial charge >= 0.3 is 0 Å². The highest BCUT2D eigenvalue weighted by Crippen LogP contribution is 2.22. The van der Waals surface area contributed by atoms with Crippen molar-refractivity contribution in [2.24, 2.45) is 5.92 Å². The summed E-state index contributed by atoms with van der Waals surface area (Å²) < 4.78 is 0. The van der Waals surface area contributed by atoms with Gasteiger partial charge in [0.2, 0.25) is 0 Å². The Labute approximate surface area is 74.5 Å². The van der Waals surface area contributed by atoms with Crippen molar-refractivity contribution in [2.45, 2.75) is 25.4 Å². The van der Waals surface area contributed by atoms with Crippen LogP contribution in [0.4, 0.5) is 0 Å². The summed E-state index contributed by atoms with van der Waals surface area (Å²) in [5.74, 6) is 0.402. The standard InChI is InChI=1S/C9H20N2O/c1-9(12,7-10-2)8-4-3-5-11-6-8/h8,10-12H,3-7H2,1-2H3/t8?,9-/m1/s1. The number of hydrogen-bond acceptors (Lipinski definition) is 3. The lowest BCUT2D eigenvalue weighted by atomic mass is 9.83. The molecule has 12 heavy (non-hydrogen) atoms. The van der Waals surface area contributed by atoms with Crippen molar-refractivity contribution in [3.05, 3.63) is 0 Å². The van der Waals surface area contributed by atoms with E-state index >= 15 is 0 Å². The molecule has 0 aromatic heterocycles. The van der Waals surface area contributed by atoms with Gasteiger partial charge in [-0.15, -0.1) is 0 Å². The largest absolute Gasteiger partial charge is 0.389 e. The molecule has 1 saturated heterocycles. The van der Waals surface area contributed by atoms with Crippen LogP contribution >= 0.6 is 0 Å². The van der Waals surface area contributed by atoms with Crippen LogP contribution in [-0.2, 0) is 0 Å². The first-order valence-electron chi connectivity index (χ1n) is 4.74. The second-order valence-electron chi connectivity index (χ2n) is 3.93. The molecule has 3 heteroatoms. The molecule has 0 aliphatic carbocycles. The maximum atomic E-state index is 10.0. The van der Waals surface area contributed by atoms with Gasteiger partial charge in [-0.1, -0.05) is 0 Å². The van der Waals surface area contributed by atoms with Gasteiger partial charge in [0.05, 0.1) is 5.60 Å². The Kier molecular flexibility index (Phi) is 3.50. The van der Waals surface area contributed by atoms with E-state index in [0.29, 0.717) is 12.5 Å². The van der Waals surface area contributed by atoms with E-state index in [2.05, 4.69) is 10.6 Å². The van der Waals surface area contributed by atoms with Crippen molar-refractivity contribution < 1.29 is 5.11 Å². The molecule has 1 unspecified atom stereocenters. The van der Waals surface area contributed by atoms with E-state index in [9.17, 15) is 5.11 Å². The summed E-state index contributed by atoms with van der Waals surface area (Å²) in [4.78, 5) is 0. The molecule has 0 aromatic carbocycles. The summed E-state index contributed by atoms with van der Waals surface area (Å²) in [6, 6.07) is 0. The van der Waals surface area contributed by atoms with E-state index in [4.69, 9.17) is 0 Å². The third-order valence-electron chi connectivity index (χ3n) is 2.71. The van der Waals surface area contributed by atoms with Crippen LogP contribution in [0.2, 0.25) is 0 Å². The van der Waals surface area contributed by atoms with Crippen LogP contribution in [-0.4, -0.2) is 37.4 Å². The van der Waals surface area contributed by atoms with Crippen molar-refractivity contribution in [1.82, 2.24) is 10.6 Å². The molecule has 72 valence electrons. The molecule has 0 spiro atoms. The number of piperidine rings is 1. The van der Waals surface area contributed by atoms with Crippen LogP contribution in [0, 0.1) is 5.92 Å². The highest BCUT2D eigenvalue weighted by atomic mass is 16.3. The van der Waals surface area contributed by atoms with E-state index in [0.717, 1.165) is 19.5 Å². The van der Waals surface area contributed by atoms with Gasteiger partial charge in [-0.05, 0) is 33.4 Å². The van der Waals surface area contributed by atoms with E-state index in [1.165, 1.54) is 6.42 Å². The Balaban J connectivity index is 2.41. The van der Waals surface area contributed by atoms with Gasteiger partial charge < -0.3 is 15.7 Å². The molecular weight excluding hydrogens is 152 g/mol. The van der Waals surface area contributed by atoms with E-state index < -0.39 is 5.60 Å². The van der Waals surface area contributed by atoms with Crippen LogP contribution < -0.4 is 10.6 Å². The van der Waals surface area contributed by atoms with Gasteiger partial charge in [0.1, 0.15) is 0 Å². The predicted octanol–water partition coefficient (Wildman–Crippen LogP) is -0.0436. The third-order valence-corrected chi connectivity index (χ3v) is 2.71. The van der Waals surface area contributed by atoms with Crippen molar-refractivity contribution in [3.8, 4) is 0 Å². The fourth-order valence-corrected chi connectivity index (χ4v) is 1.88. The molecule has 1 rings (SSSR count). The normalized spacial score (nSPS) is 29.8. The van der Waals surface area contributed by atoms with Gasteiger partial charge in [0.15, 0.2) is 0 Å². The molecule has 0 bridgehead atoms. The maximum Gasteiger partial charge on any atom is 0.0783 e. The lowest BCUT2D eigenvalue weighted by molar-refractivity contribution is -0.00801. The number of nitrogens with one attached hydrogen (secondary N) is 2. The molecular formula is C9H20N2O. The minimum absolute atomic E-state index is 0.402. The molecule has 0 aromatic rings. The van der Waals surface area contributed by atoms with Crippen LogP contribution in [0.5, 0.6) is 0 Å². The third kappa shape index (κ3) is 2.44. The molecule has 0 saturated carbocycles. The minimum atomic E-state index is -0.553. The Hall–Kier alpha value is -0.120. The van der Waals surface area contributed by atoms with E-state index in [-0.39, 0.29) is 0 Å². The van der Waals surface area contributed by atoms with Gasteiger partial charge in [0, 0.05) is 19.0 Å². The van der Waals surface area contributed by atoms with Crippen LogP contribution in [0.1, 0.15) is 19.8 Å². The fraction of sp³-hybridized carbons (Fsp3) is 1.00. The SMILES string of the molecule is CNC[C@@](C)(O)C1CCCNC1. The molecule has 3 nitrogen and oxygen atoms in total. The summed E-state index contributed by atoms with van der Waals surface area (Å²) in [6.45, 7) is 4.65. The molecule has 1 aliphatic heterocycles. The lowest BCUT2D eigenvalue weighted by Gasteiger charge is -2.35. The number of likely N-dealkylation sites (N-methyl/N-ethyl adjacent to an activating group) is 1. The molecule has 0 radical (unpaired) electrons. The highest BCUT2D eigenvalue weighted by Gasteiger charge is 2.31. The summed E-state index contributed by atoms with van der Waals surface area (Å²) in [7, 11) is 1.88. The topological polar surface area (TPSA) is 44.3 Å². The maximum absolute atomic E-state index is 10.0.